The van der Waals surface area contributed by atoms with Gasteiger partial charge in [-0.15, -0.1) is 0 Å². The molecule has 2 unspecified atom stereocenters. The Kier molecular flexibility index (Phi) is 28.9. The Morgan fingerprint density at radius 2 is 1.08 bits per heavy atom. The number of hydrogen-bond donors (Lipinski definition) is 4. The Balaban J connectivity index is 2.33. The molecule has 4 N–H and O–H groups in total. The first-order valence-corrected chi connectivity index (χ1v) is 19.8. The summed E-state index contributed by atoms with van der Waals surface area (Å²) in [7, 11) is 0. The second-order valence-corrected chi connectivity index (χ2v) is 13.7. The molecule has 1 rings (SSSR count). The average molecular weight is 701 g/mol. The van der Waals surface area contributed by atoms with Crippen LogP contribution in [0.1, 0.15) is 168 Å². The van der Waals surface area contributed by atoms with E-state index in [1.807, 2.05) is 0 Å². The summed E-state index contributed by atoms with van der Waals surface area (Å²) in [6.45, 7) is 3.35. The Morgan fingerprint density at radius 1 is 0.612 bits per heavy atom. The number of ether oxygens (including phenoxy) is 4. The standard InChI is InChI=1S/C39H72O10/c1-3-5-7-9-11-12-13-14-15-16-17-18-19-20-22-24-26-28-35(42)48-32(30-46-34(41)27-25-23-21-10-8-6-4-2)31-47-39-38(45)37(44)36(43)33(29-40)49-39/h12-13,32-33,36-40,43-45H,3-11,14-31H2,1-2H3/b13-12+/t32-,33+,36-,37?,38?,39+/m1/s1. The summed E-state index contributed by atoms with van der Waals surface area (Å²) < 4.78 is 22.0. The molecule has 0 aliphatic carbocycles. The monoisotopic (exact) mass is 701 g/mol. The van der Waals surface area contributed by atoms with Crippen LogP contribution < -0.4 is 0 Å². The van der Waals surface area contributed by atoms with Gasteiger partial charge in [-0.2, -0.15) is 0 Å². The Labute approximate surface area is 297 Å². The van der Waals surface area contributed by atoms with E-state index in [0.717, 1.165) is 44.9 Å². The molecule has 1 aliphatic rings. The smallest absolute Gasteiger partial charge is 0.306 e. The van der Waals surface area contributed by atoms with Crippen molar-refractivity contribution in [3.8, 4) is 0 Å². The van der Waals surface area contributed by atoms with Crippen molar-refractivity contribution in [2.75, 3.05) is 19.8 Å². The number of unbranched alkanes of at least 4 members (excludes halogenated alkanes) is 19. The maximum Gasteiger partial charge on any atom is 0.306 e. The fraction of sp³-hybridized carbons (Fsp3) is 0.897. The van der Waals surface area contributed by atoms with E-state index in [1.165, 1.54) is 89.9 Å². The van der Waals surface area contributed by atoms with Crippen LogP contribution in [0.4, 0.5) is 0 Å². The van der Waals surface area contributed by atoms with Gasteiger partial charge in [-0.3, -0.25) is 9.59 Å². The second-order valence-electron chi connectivity index (χ2n) is 13.7. The van der Waals surface area contributed by atoms with Gasteiger partial charge in [0.25, 0.3) is 0 Å². The molecule has 0 aromatic rings. The molecule has 10 heteroatoms. The average Bonchev–Trinajstić information content (AvgIpc) is 3.10. The van der Waals surface area contributed by atoms with Gasteiger partial charge in [0.1, 0.15) is 31.0 Å². The van der Waals surface area contributed by atoms with Gasteiger partial charge in [-0.1, -0.05) is 129 Å². The first kappa shape index (κ1) is 45.5. The fourth-order valence-corrected chi connectivity index (χ4v) is 5.95. The van der Waals surface area contributed by atoms with E-state index in [4.69, 9.17) is 18.9 Å². The van der Waals surface area contributed by atoms with E-state index < -0.39 is 49.4 Å². The third-order valence-corrected chi connectivity index (χ3v) is 9.15. The molecular formula is C39H72O10. The molecule has 1 aliphatic heterocycles. The quantitative estimate of drug-likeness (QED) is 0.0322. The third-order valence-electron chi connectivity index (χ3n) is 9.15. The fourth-order valence-electron chi connectivity index (χ4n) is 5.95. The zero-order valence-corrected chi connectivity index (χ0v) is 30.9. The summed E-state index contributed by atoms with van der Waals surface area (Å²) in [4.78, 5) is 25.1. The first-order valence-electron chi connectivity index (χ1n) is 19.8. The summed E-state index contributed by atoms with van der Waals surface area (Å²) in [5, 5.41) is 39.8. The highest BCUT2D eigenvalue weighted by molar-refractivity contribution is 5.70. The Bertz CT molecular complexity index is 820. The van der Waals surface area contributed by atoms with Gasteiger partial charge in [0.15, 0.2) is 12.4 Å². The van der Waals surface area contributed by atoms with Crippen LogP contribution >= 0.6 is 0 Å². The van der Waals surface area contributed by atoms with E-state index >= 15 is 0 Å². The lowest BCUT2D eigenvalue weighted by Crippen LogP contribution is -2.59. The second kappa shape index (κ2) is 31.2. The molecule has 10 nitrogen and oxygen atoms in total. The minimum atomic E-state index is -1.59. The lowest BCUT2D eigenvalue weighted by molar-refractivity contribution is -0.305. The topological polar surface area (TPSA) is 152 Å². The zero-order valence-electron chi connectivity index (χ0n) is 30.9. The summed E-state index contributed by atoms with van der Waals surface area (Å²) in [5.74, 6) is -0.812. The third kappa shape index (κ3) is 23.5. The number of carbonyl (C=O) groups is 2. The number of rotatable bonds is 32. The molecule has 0 spiro atoms. The first-order chi connectivity index (χ1) is 23.8. The minimum Gasteiger partial charge on any atom is -0.462 e. The zero-order chi connectivity index (χ0) is 36.0. The number of aliphatic hydroxyl groups is 4. The Hall–Kier alpha value is -1.56. The van der Waals surface area contributed by atoms with Crippen LogP contribution in [0, 0.1) is 0 Å². The highest BCUT2D eigenvalue weighted by atomic mass is 16.7. The van der Waals surface area contributed by atoms with Crippen LogP contribution in [0.2, 0.25) is 0 Å². The number of allylic oxidation sites excluding steroid dienone is 2. The molecule has 6 atom stereocenters. The van der Waals surface area contributed by atoms with Gasteiger partial charge < -0.3 is 39.4 Å². The van der Waals surface area contributed by atoms with Crippen molar-refractivity contribution in [1.82, 2.24) is 0 Å². The molecule has 0 amide bonds. The molecule has 1 fully saturated rings. The van der Waals surface area contributed by atoms with Gasteiger partial charge in [0.05, 0.1) is 13.2 Å². The number of esters is 2. The van der Waals surface area contributed by atoms with Crippen LogP contribution in [0.5, 0.6) is 0 Å². The van der Waals surface area contributed by atoms with Crippen LogP contribution in [0.15, 0.2) is 12.2 Å². The molecule has 49 heavy (non-hydrogen) atoms. The van der Waals surface area contributed by atoms with Crippen LogP contribution in [0.3, 0.4) is 0 Å². The van der Waals surface area contributed by atoms with E-state index in [0.29, 0.717) is 6.42 Å². The molecule has 0 aromatic carbocycles. The molecule has 288 valence electrons. The minimum absolute atomic E-state index is 0.214. The summed E-state index contributed by atoms with van der Waals surface area (Å²) >= 11 is 0. The molecule has 1 heterocycles. The maximum absolute atomic E-state index is 12.7. The molecule has 0 bridgehead atoms. The highest BCUT2D eigenvalue weighted by Crippen LogP contribution is 2.22. The molecule has 0 saturated carbocycles. The predicted octanol–water partition coefficient (Wildman–Crippen LogP) is 7.22. The van der Waals surface area contributed by atoms with E-state index in [9.17, 15) is 30.0 Å². The number of aliphatic hydroxyl groups excluding tert-OH is 4. The van der Waals surface area contributed by atoms with Crippen LogP contribution in [0.25, 0.3) is 0 Å². The molecule has 0 radical (unpaired) electrons. The van der Waals surface area contributed by atoms with Crippen molar-refractivity contribution in [2.24, 2.45) is 0 Å². The Morgan fingerprint density at radius 3 is 1.61 bits per heavy atom. The van der Waals surface area contributed by atoms with E-state index in [-0.39, 0.29) is 32.0 Å². The van der Waals surface area contributed by atoms with Gasteiger partial charge in [-0.25, -0.2) is 0 Å². The van der Waals surface area contributed by atoms with Gasteiger partial charge in [0, 0.05) is 12.8 Å². The largest absolute Gasteiger partial charge is 0.462 e. The van der Waals surface area contributed by atoms with Crippen molar-refractivity contribution in [3.05, 3.63) is 12.2 Å². The summed E-state index contributed by atoms with van der Waals surface area (Å²) in [6, 6.07) is 0. The number of carbonyl (C=O) groups excluding carboxylic acids is 2. The lowest BCUT2D eigenvalue weighted by atomic mass is 9.99. The maximum atomic E-state index is 12.7. The van der Waals surface area contributed by atoms with Gasteiger partial charge >= 0.3 is 11.9 Å². The van der Waals surface area contributed by atoms with Crippen molar-refractivity contribution in [3.63, 3.8) is 0 Å². The highest BCUT2D eigenvalue weighted by Gasteiger charge is 2.44. The normalized spacial score (nSPS) is 21.6. The van der Waals surface area contributed by atoms with Crippen molar-refractivity contribution in [1.29, 1.82) is 0 Å². The van der Waals surface area contributed by atoms with E-state index in [1.54, 1.807) is 0 Å². The predicted molar refractivity (Wildman–Crippen MR) is 192 cm³/mol. The van der Waals surface area contributed by atoms with Gasteiger partial charge in [0.2, 0.25) is 0 Å². The summed E-state index contributed by atoms with van der Waals surface area (Å²) in [5.41, 5.74) is 0. The molecule has 0 aromatic heterocycles. The molecular weight excluding hydrogens is 628 g/mol. The van der Waals surface area contributed by atoms with Crippen molar-refractivity contribution >= 4 is 11.9 Å². The molecule has 1 saturated heterocycles. The van der Waals surface area contributed by atoms with E-state index in [2.05, 4.69) is 26.0 Å². The van der Waals surface area contributed by atoms with Gasteiger partial charge in [-0.05, 0) is 38.5 Å². The van der Waals surface area contributed by atoms with Crippen molar-refractivity contribution < 1.29 is 49.0 Å². The van der Waals surface area contributed by atoms with Crippen LogP contribution in [-0.4, -0.2) is 89.0 Å². The van der Waals surface area contributed by atoms with Crippen molar-refractivity contribution in [2.45, 2.75) is 205 Å². The number of hydrogen-bond acceptors (Lipinski definition) is 10. The lowest BCUT2D eigenvalue weighted by Gasteiger charge is -2.39. The SMILES string of the molecule is CCCCCC/C=C/CCCCCCCCCCCC(=O)O[C@H](COC(=O)CCCCCCCCC)CO[C@H]1O[C@@H](CO)[C@@H](O)C(O)C1O. The summed E-state index contributed by atoms with van der Waals surface area (Å²) in [6.07, 6.45) is 22.4. The van der Waals surface area contributed by atoms with Crippen LogP contribution in [-0.2, 0) is 28.5 Å².